The third kappa shape index (κ3) is 2.62. The highest BCUT2D eigenvalue weighted by molar-refractivity contribution is 7.99. The maximum absolute atomic E-state index is 4.46. The Kier molecular flexibility index (Phi) is 4.38. The van der Waals surface area contributed by atoms with Crippen LogP contribution in [0.3, 0.4) is 0 Å². The number of nitrogens with zero attached hydrogens (tertiary/aromatic N) is 2. The molecule has 0 amide bonds. The number of fused-ring (bicyclic) bond motifs is 1. The SMILES string of the molecule is CCNC(CC)c1nnc(C2CSc3ccccc32)s1. The van der Waals surface area contributed by atoms with Gasteiger partial charge in [0.25, 0.3) is 0 Å². The van der Waals surface area contributed by atoms with Crippen LogP contribution in [0.5, 0.6) is 0 Å². The van der Waals surface area contributed by atoms with Crippen molar-refractivity contribution in [3.8, 4) is 0 Å². The molecule has 0 fully saturated rings. The smallest absolute Gasteiger partial charge is 0.134 e. The van der Waals surface area contributed by atoms with Crippen molar-refractivity contribution in [1.29, 1.82) is 0 Å². The molecule has 3 nitrogen and oxygen atoms in total. The van der Waals surface area contributed by atoms with E-state index in [4.69, 9.17) is 0 Å². The molecule has 2 atom stereocenters. The highest BCUT2D eigenvalue weighted by Crippen LogP contribution is 2.43. The second-order valence-electron chi connectivity index (χ2n) is 4.90. The molecule has 1 aliphatic heterocycles. The molecule has 0 saturated carbocycles. The van der Waals surface area contributed by atoms with Crippen molar-refractivity contribution in [2.24, 2.45) is 0 Å². The Labute approximate surface area is 128 Å². The van der Waals surface area contributed by atoms with E-state index in [9.17, 15) is 0 Å². The predicted molar refractivity (Wildman–Crippen MR) is 85.6 cm³/mol. The number of benzene rings is 1. The highest BCUT2D eigenvalue weighted by Gasteiger charge is 2.28. The molecule has 1 aromatic carbocycles. The Bertz CT molecular complexity index is 582. The first kappa shape index (κ1) is 14.0. The molecule has 0 aliphatic carbocycles. The van der Waals surface area contributed by atoms with Crippen LogP contribution >= 0.6 is 23.1 Å². The Morgan fingerprint density at radius 3 is 2.95 bits per heavy atom. The lowest BCUT2D eigenvalue weighted by atomic mass is 10.0. The first-order valence-electron chi connectivity index (χ1n) is 7.11. The molecule has 0 spiro atoms. The lowest BCUT2D eigenvalue weighted by Crippen LogP contribution is -2.19. The molecule has 3 rings (SSSR count). The topological polar surface area (TPSA) is 37.8 Å². The van der Waals surface area contributed by atoms with E-state index in [1.807, 2.05) is 11.8 Å². The minimum absolute atomic E-state index is 0.343. The maximum atomic E-state index is 4.46. The fourth-order valence-electron chi connectivity index (χ4n) is 2.55. The molecule has 2 heterocycles. The summed E-state index contributed by atoms with van der Waals surface area (Å²) in [5.41, 5.74) is 1.41. The van der Waals surface area contributed by atoms with Gasteiger partial charge in [0.15, 0.2) is 0 Å². The second kappa shape index (κ2) is 6.24. The molecule has 0 saturated heterocycles. The zero-order chi connectivity index (χ0) is 13.9. The molecule has 2 aromatic rings. The lowest BCUT2D eigenvalue weighted by molar-refractivity contribution is 0.530. The van der Waals surface area contributed by atoms with Crippen molar-refractivity contribution in [2.75, 3.05) is 12.3 Å². The molecule has 1 N–H and O–H groups in total. The Balaban J connectivity index is 1.84. The van der Waals surface area contributed by atoms with E-state index in [-0.39, 0.29) is 0 Å². The van der Waals surface area contributed by atoms with Crippen LogP contribution in [0.1, 0.15) is 47.8 Å². The van der Waals surface area contributed by atoms with Crippen LogP contribution in [-0.4, -0.2) is 22.5 Å². The summed E-state index contributed by atoms with van der Waals surface area (Å²) in [5.74, 6) is 1.51. The van der Waals surface area contributed by atoms with Crippen LogP contribution in [0, 0.1) is 0 Å². The van der Waals surface area contributed by atoms with Gasteiger partial charge in [0.1, 0.15) is 10.0 Å². The van der Waals surface area contributed by atoms with Crippen molar-refractivity contribution < 1.29 is 0 Å². The van der Waals surface area contributed by atoms with Crippen molar-refractivity contribution >= 4 is 23.1 Å². The third-order valence-electron chi connectivity index (χ3n) is 3.61. The fourth-order valence-corrected chi connectivity index (χ4v) is 5.01. The van der Waals surface area contributed by atoms with Crippen LogP contribution in [0.4, 0.5) is 0 Å². The van der Waals surface area contributed by atoms with Crippen molar-refractivity contribution in [1.82, 2.24) is 15.5 Å². The molecule has 1 aliphatic rings. The minimum Gasteiger partial charge on any atom is -0.308 e. The van der Waals surface area contributed by atoms with Crippen LogP contribution in [0.25, 0.3) is 0 Å². The first-order chi connectivity index (χ1) is 9.83. The Morgan fingerprint density at radius 2 is 2.15 bits per heavy atom. The van der Waals surface area contributed by atoms with Gasteiger partial charge in [-0.15, -0.1) is 22.0 Å². The monoisotopic (exact) mass is 305 g/mol. The van der Waals surface area contributed by atoms with E-state index in [0.717, 1.165) is 28.7 Å². The third-order valence-corrected chi connectivity index (χ3v) is 5.94. The van der Waals surface area contributed by atoms with Crippen molar-refractivity contribution in [3.63, 3.8) is 0 Å². The fraction of sp³-hybridized carbons (Fsp3) is 0.467. The van der Waals surface area contributed by atoms with Gasteiger partial charge in [-0.2, -0.15) is 0 Å². The predicted octanol–water partition coefficient (Wildman–Crippen LogP) is 3.84. The molecule has 20 heavy (non-hydrogen) atoms. The largest absolute Gasteiger partial charge is 0.308 e. The minimum atomic E-state index is 0.343. The van der Waals surface area contributed by atoms with Crippen molar-refractivity contribution in [3.05, 3.63) is 39.8 Å². The molecule has 5 heteroatoms. The summed E-state index contributed by atoms with van der Waals surface area (Å²) in [4.78, 5) is 1.40. The van der Waals surface area contributed by atoms with E-state index in [2.05, 4.69) is 53.6 Å². The van der Waals surface area contributed by atoms with Gasteiger partial charge in [0, 0.05) is 16.6 Å². The van der Waals surface area contributed by atoms with Crippen LogP contribution in [0.2, 0.25) is 0 Å². The quantitative estimate of drug-likeness (QED) is 0.911. The Morgan fingerprint density at radius 1 is 1.30 bits per heavy atom. The average Bonchev–Trinajstić information content (AvgIpc) is 3.11. The molecule has 2 unspecified atom stereocenters. The van der Waals surface area contributed by atoms with Gasteiger partial charge in [0.2, 0.25) is 0 Å². The van der Waals surface area contributed by atoms with Gasteiger partial charge in [-0.25, -0.2) is 0 Å². The number of rotatable bonds is 5. The van der Waals surface area contributed by atoms with Gasteiger partial charge in [-0.1, -0.05) is 43.4 Å². The summed E-state index contributed by atoms with van der Waals surface area (Å²) in [6.07, 6.45) is 1.05. The van der Waals surface area contributed by atoms with Gasteiger partial charge in [0.05, 0.1) is 6.04 Å². The first-order valence-corrected chi connectivity index (χ1v) is 8.92. The molecule has 1 aromatic heterocycles. The van der Waals surface area contributed by atoms with E-state index < -0.39 is 0 Å². The zero-order valence-electron chi connectivity index (χ0n) is 11.8. The summed E-state index contributed by atoms with van der Waals surface area (Å²) < 4.78 is 0. The zero-order valence-corrected chi connectivity index (χ0v) is 13.4. The van der Waals surface area contributed by atoms with E-state index in [0.29, 0.717) is 12.0 Å². The highest BCUT2D eigenvalue weighted by atomic mass is 32.2. The summed E-state index contributed by atoms with van der Waals surface area (Å²) in [5, 5.41) is 14.6. The number of thioether (sulfide) groups is 1. The molecular formula is C15H19N3S2. The number of hydrogen-bond donors (Lipinski definition) is 1. The number of nitrogens with one attached hydrogen (secondary N) is 1. The Hall–Kier alpha value is -0.910. The number of hydrogen-bond acceptors (Lipinski definition) is 5. The standard InChI is InChI=1S/C15H19N3S2/c1-3-12(16-4-2)15-18-17-14(20-15)11-9-19-13-8-6-5-7-10(11)13/h5-8,11-12,16H,3-4,9H2,1-2H3. The summed E-state index contributed by atoms with van der Waals surface area (Å²) in [7, 11) is 0. The van der Waals surface area contributed by atoms with Crippen LogP contribution < -0.4 is 5.32 Å². The van der Waals surface area contributed by atoms with Crippen LogP contribution in [-0.2, 0) is 0 Å². The van der Waals surface area contributed by atoms with E-state index in [1.165, 1.54) is 10.5 Å². The van der Waals surface area contributed by atoms with Gasteiger partial charge < -0.3 is 5.32 Å². The molecule has 0 radical (unpaired) electrons. The second-order valence-corrected chi connectivity index (χ2v) is 7.00. The average molecular weight is 305 g/mol. The molecule has 0 bridgehead atoms. The van der Waals surface area contributed by atoms with Crippen molar-refractivity contribution in [2.45, 2.75) is 37.1 Å². The molecular weight excluding hydrogens is 286 g/mol. The van der Waals surface area contributed by atoms with E-state index in [1.54, 1.807) is 11.3 Å². The summed E-state index contributed by atoms with van der Waals surface area (Å²) in [6, 6.07) is 9.00. The summed E-state index contributed by atoms with van der Waals surface area (Å²) in [6.45, 7) is 5.29. The maximum Gasteiger partial charge on any atom is 0.134 e. The molecule has 106 valence electrons. The van der Waals surface area contributed by atoms with Crippen LogP contribution in [0.15, 0.2) is 29.2 Å². The normalized spacial score (nSPS) is 19.0. The van der Waals surface area contributed by atoms with E-state index >= 15 is 0 Å². The van der Waals surface area contributed by atoms with Gasteiger partial charge in [-0.3, -0.25) is 0 Å². The lowest BCUT2D eigenvalue weighted by Gasteiger charge is -2.11. The summed E-state index contributed by atoms with van der Waals surface area (Å²) >= 11 is 3.70. The van der Waals surface area contributed by atoms with Gasteiger partial charge >= 0.3 is 0 Å². The van der Waals surface area contributed by atoms with Gasteiger partial charge in [-0.05, 0) is 24.6 Å². The number of aromatic nitrogens is 2.